The van der Waals surface area contributed by atoms with Crippen molar-refractivity contribution < 1.29 is 19.4 Å². The minimum Gasteiger partial charge on any atom is -0.394 e. The lowest BCUT2D eigenvalue weighted by Gasteiger charge is -2.11. The molecule has 0 amide bonds. The smallest absolute Gasteiger partial charge is 0.332 e. The molecule has 0 aliphatic heterocycles. The highest BCUT2D eigenvalue weighted by Crippen LogP contribution is 1.97. The average molecular weight is 219 g/mol. The molecule has 0 aromatic rings. The Morgan fingerprint density at radius 2 is 1.73 bits per heavy atom. The standard InChI is InChI=1S/C8H17N3O4/c9-3-1-2-5(10)7(13)15-8(14)6(11)4-12/h5-6,12H,1-4,9-11H2/t5-,6+/m1/s1. The van der Waals surface area contributed by atoms with E-state index in [1.54, 1.807) is 0 Å². The molecule has 0 radical (unpaired) electrons. The van der Waals surface area contributed by atoms with Crippen molar-refractivity contribution in [1.82, 2.24) is 0 Å². The van der Waals surface area contributed by atoms with Gasteiger partial charge in [0.1, 0.15) is 12.1 Å². The third-order valence-electron chi connectivity index (χ3n) is 1.72. The van der Waals surface area contributed by atoms with Gasteiger partial charge in [-0.05, 0) is 19.4 Å². The zero-order chi connectivity index (χ0) is 11.8. The summed E-state index contributed by atoms with van der Waals surface area (Å²) in [6.45, 7) is -0.171. The van der Waals surface area contributed by atoms with E-state index in [4.69, 9.17) is 22.3 Å². The fourth-order valence-electron chi connectivity index (χ4n) is 0.781. The molecular weight excluding hydrogens is 202 g/mol. The van der Waals surface area contributed by atoms with Crippen LogP contribution in [0.2, 0.25) is 0 Å². The van der Waals surface area contributed by atoms with E-state index in [1.165, 1.54) is 0 Å². The monoisotopic (exact) mass is 219 g/mol. The lowest BCUT2D eigenvalue weighted by Crippen LogP contribution is -2.41. The molecule has 88 valence electrons. The summed E-state index contributed by atoms with van der Waals surface area (Å²) in [6, 6.07) is -2.10. The lowest BCUT2D eigenvalue weighted by atomic mass is 10.2. The summed E-state index contributed by atoms with van der Waals surface area (Å²) < 4.78 is 4.33. The normalized spacial score (nSPS) is 14.4. The second kappa shape index (κ2) is 7.30. The molecule has 7 heteroatoms. The number of aliphatic hydroxyl groups is 1. The Hall–Kier alpha value is -1.02. The van der Waals surface area contributed by atoms with Crippen molar-refractivity contribution in [2.24, 2.45) is 17.2 Å². The zero-order valence-corrected chi connectivity index (χ0v) is 8.39. The van der Waals surface area contributed by atoms with Gasteiger partial charge in [0, 0.05) is 0 Å². The van der Waals surface area contributed by atoms with Gasteiger partial charge in [-0.1, -0.05) is 0 Å². The Morgan fingerprint density at radius 1 is 1.20 bits per heavy atom. The molecule has 0 spiro atoms. The van der Waals surface area contributed by atoms with Crippen LogP contribution in [0.3, 0.4) is 0 Å². The minimum atomic E-state index is -1.21. The molecule has 0 aliphatic carbocycles. The Bertz CT molecular complexity index is 222. The predicted octanol–water partition coefficient (Wildman–Crippen LogP) is -2.56. The summed E-state index contributed by atoms with van der Waals surface area (Å²) in [7, 11) is 0. The maximum absolute atomic E-state index is 11.1. The first-order valence-corrected chi connectivity index (χ1v) is 4.60. The molecule has 7 N–H and O–H groups in total. The SMILES string of the molecule is NCCC[C@@H](N)C(=O)OC(=O)[C@@H](N)CO. The van der Waals surface area contributed by atoms with Crippen LogP contribution in [-0.2, 0) is 14.3 Å². The number of hydrogen-bond donors (Lipinski definition) is 4. The van der Waals surface area contributed by atoms with Crippen LogP contribution >= 0.6 is 0 Å². The van der Waals surface area contributed by atoms with Crippen LogP contribution in [0, 0.1) is 0 Å². The Balaban J connectivity index is 3.96. The fourth-order valence-corrected chi connectivity index (χ4v) is 0.781. The van der Waals surface area contributed by atoms with E-state index in [2.05, 4.69) is 4.74 Å². The van der Waals surface area contributed by atoms with Crippen molar-refractivity contribution in [3.63, 3.8) is 0 Å². The third kappa shape index (κ3) is 5.43. The summed E-state index contributed by atoms with van der Waals surface area (Å²) in [5.74, 6) is -1.83. The maximum atomic E-state index is 11.1. The summed E-state index contributed by atoms with van der Waals surface area (Å²) in [5, 5.41) is 8.51. The third-order valence-corrected chi connectivity index (χ3v) is 1.72. The molecule has 2 atom stereocenters. The second-order valence-electron chi connectivity index (χ2n) is 3.07. The van der Waals surface area contributed by atoms with Crippen LogP contribution in [0.5, 0.6) is 0 Å². The molecular formula is C8H17N3O4. The van der Waals surface area contributed by atoms with Crippen molar-refractivity contribution in [3.8, 4) is 0 Å². The quantitative estimate of drug-likeness (QED) is 0.284. The number of nitrogens with two attached hydrogens (primary N) is 3. The van der Waals surface area contributed by atoms with Crippen LogP contribution in [-0.4, -0.2) is 42.3 Å². The fraction of sp³-hybridized carbons (Fsp3) is 0.750. The van der Waals surface area contributed by atoms with E-state index in [0.29, 0.717) is 19.4 Å². The summed E-state index contributed by atoms with van der Waals surface area (Å²) in [4.78, 5) is 22.1. The van der Waals surface area contributed by atoms with Crippen molar-refractivity contribution in [2.45, 2.75) is 24.9 Å². The van der Waals surface area contributed by atoms with Crippen molar-refractivity contribution in [3.05, 3.63) is 0 Å². The topological polar surface area (TPSA) is 142 Å². The Morgan fingerprint density at radius 3 is 2.20 bits per heavy atom. The highest BCUT2D eigenvalue weighted by atomic mass is 16.6. The molecule has 0 aromatic carbocycles. The van der Waals surface area contributed by atoms with Crippen molar-refractivity contribution in [1.29, 1.82) is 0 Å². The van der Waals surface area contributed by atoms with Gasteiger partial charge in [-0.3, -0.25) is 0 Å². The number of carbonyl (C=O) groups is 2. The first-order valence-electron chi connectivity index (χ1n) is 4.60. The summed E-state index contributed by atoms with van der Waals surface area (Å²) in [5.41, 5.74) is 15.8. The van der Waals surface area contributed by atoms with E-state index in [0.717, 1.165) is 0 Å². The van der Waals surface area contributed by atoms with Crippen LogP contribution in [0.15, 0.2) is 0 Å². The molecule has 0 unspecified atom stereocenters. The van der Waals surface area contributed by atoms with Gasteiger partial charge < -0.3 is 27.0 Å². The number of rotatable bonds is 6. The molecule has 0 aromatic heterocycles. The first kappa shape index (κ1) is 14.0. The number of esters is 2. The Labute approximate surface area is 87.5 Å². The van der Waals surface area contributed by atoms with E-state index < -0.39 is 30.6 Å². The van der Waals surface area contributed by atoms with Crippen molar-refractivity contribution in [2.75, 3.05) is 13.2 Å². The number of carbonyl (C=O) groups excluding carboxylic acids is 2. The molecule has 0 aliphatic rings. The second-order valence-corrected chi connectivity index (χ2v) is 3.07. The van der Waals surface area contributed by atoms with Gasteiger partial charge in [-0.2, -0.15) is 0 Å². The number of ether oxygens (including phenoxy) is 1. The molecule has 0 heterocycles. The average Bonchev–Trinajstić information content (AvgIpc) is 2.24. The van der Waals surface area contributed by atoms with E-state index in [1.807, 2.05) is 0 Å². The van der Waals surface area contributed by atoms with Gasteiger partial charge in [0.2, 0.25) is 0 Å². The molecule has 0 bridgehead atoms. The van der Waals surface area contributed by atoms with Crippen LogP contribution in [0.4, 0.5) is 0 Å². The lowest BCUT2D eigenvalue weighted by molar-refractivity contribution is -0.162. The highest BCUT2D eigenvalue weighted by molar-refractivity contribution is 5.90. The van der Waals surface area contributed by atoms with Crippen LogP contribution < -0.4 is 17.2 Å². The first-order chi connectivity index (χ1) is 7.02. The van der Waals surface area contributed by atoms with Gasteiger partial charge in [-0.25, -0.2) is 9.59 Å². The van der Waals surface area contributed by atoms with Gasteiger partial charge in [0.25, 0.3) is 0 Å². The molecule has 0 fully saturated rings. The molecule has 15 heavy (non-hydrogen) atoms. The number of aliphatic hydroxyl groups excluding tert-OH is 1. The van der Waals surface area contributed by atoms with Crippen molar-refractivity contribution >= 4 is 11.9 Å². The zero-order valence-electron chi connectivity index (χ0n) is 8.39. The molecule has 0 saturated heterocycles. The van der Waals surface area contributed by atoms with Gasteiger partial charge in [0.15, 0.2) is 0 Å². The van der Waals surface area contributed by atoms with Crippen LogP contribution in [0.1, 0.15) is 12.8 Å². The highest BCUT2D eigenvalue weighted by Gasteiger charge is 2.22. The minimum absolute atomic E-state index is 0.344. The largest absolute Gasteiger partial charge is 0.394 e. The molecule has 0 rings (SSSR count). The predicted molar refractivity (Wildman–Crippen MR) is 52.4 cm³/mol. The summed E-state index contributed by atoms with van der Waals surface area (Å²) >= 11 is 0. The van der Waals surface area contributed by atoms with Gasteiger partial charge in [0.05, 0.1) is 6.61 Å². The Kier molecular flexibility index (Phi) is 6.80. The summed E-state index contributed by atoms with van der Waals surface area (Å²) in [6.07, 6.45) is 0.910. The van der Waals surface area contributed by atoms with Gasteiger partial charge >= 0.3 is 11.9 Å². The van der Waals surface area contributed by atoms with Crippen LogP contribution in [0.25, 0.3) is 0 Å². The number of hydrogen-bond acceptors (Lipinski definition) is 7. The molecule has 0 saturated carbocycles. The maximum Gasteiger partial charge on any atom is 0.332 e. The van der Waals surface area contributed by atoms with Gasteiger partial charge in [-0.15, -0.1) is 0 Å². The molecule has 7 nitrogen and oxygen atoms in total. The van der Waals surface area contributed by atoms with E-state index >= 15 is 0 Å². The van der Waals surface area contributed by atoms with E-state index in [9.17, 15) is 9.59 Å². The van der Waals surface area contributed by atoms with E-state index in [-0.39, 0.29) is 0 Å².